The Balaban J connectivity index is 3.13. The van der Waals surface area contributed by atoms with Crippen LogP contribution in [0.2, 0.25) is 0 Å². The van der Waals surface area contributed by atoms with Crippen molar-refractivity contribution in [3.05, 3.63) is 23.8 Å². The summed E-state index contributed by atoms with van der Waals surface area (Å²) in [7, 11) is -3.88. The van der Waals surface area contributed by atoms with E-state index in [9.17, 15) is 18.0 Å². The summed E-state index contributed by atoms with van der Waals surface area (Å²) in [5, 5.41) is 11.6. The minimum Gasteiger partial charge on any atom is -0.478 e. The third-order valence-electron chi connectivity index (χ3n) is 2.21. The molecule has 0 spiro atoms. The summed E-state index contributed by atoms with van der Waals surface area (Å²) in [4.78, 5) is 22.1. The van der Waals surface area contributed by atoms with Gasteiger partial charge in [0.25, 0.3) is 10.2 Å². The number of rotatable bonds is 6. The normalized spacial score (nSPS) is 11.2. The number of carboxylic acids is 1. The fraction of sp³-hybridized carbons (Fsp3) is 0.333. The number of anilines is 2. The van der Waals surface area contributed by atoms with E-state index in [-0.39, 0.29) is 28.9 Å². The maximum atomic E-state index is 11.8. The molecule has 1 rings (SSSR count). The van der Waals surface area contributed by atoms with E-state index in [0.29, 0.717) is 0 Å². The van der Waals surface area contributed by atoms with Crippen molar-refractivity contribution >= 4 is 33.5 Å². The highest BCUT2D eigenvalue weighted by atomic mass is 32.2. The van der Waals surface area contributed by atoms with Crippen molar-refractivity contribution in [1.82, 2.24) is 4.72 Å². The van der Waals surface area contributed by atoms with Crippen LogP contribution in [0.1, 0.15) is 31.1 Å². The molecule has 0 saturated carbocycles. The Morgan fingerprint density at radius 1 is 1.24 bits per heavy atom. The van der Waals surface area contributed by atoms with Crippen LogP contribution in [0.4, 0.5) is 11.4 Å². The van der Waals surface area contributed by atoms with Gasteiger partial charge in [-0.3, -0.25) is 9.52 Å². The lowest BCUT2D eigenvalue weighted by Gasteiger charge is -2.14. The molecule has 0 bridgehead atoms. The number of amides is 1. The summed E-state index contributed by atoms with van der Waals surface area (Å²) in [6.45, 7) is 4.55. The van der Waals surface area contributed by atoms with Gasteiger partial charge >= 0.3 is 5.97 Å². The Labute approximate surface area is 122 Å². The average Bonchev–Trinajstić information content (AvgIpc) is 2.27. The molecule has 0 radical (unpaired) electrons. The first-order chi connectivity index (χ1) is 9.60. The third kappa shape index (κ3) is 5.40. The third-order valence-corrected chi connectivity index (χ3v) is 3.48. The molecule has 0 saturated heterocycles. The predicted molar refractivity (Wildman–Crippen MR) is 78.5 cm³/mol. The standard InChI is InChI=1S/C12H17N3O5S/c1-7(2)14-21(19,20)15-11-5-4-9(13-8(3)16)6-10(11)12(17)18/h4-7,14-15H,1-3H3,(H,13,16)(H,17,18). The van der Waals surface area contributed by atoms with Crippen LogP contribution in [-0.2, 0) is 15.0 Å². The van der Waals surface area contributed by atoms with Gasteiger partial charge in [-0.05, 0) is 32.0 Å². The van der Waals surface area contributed by atoms with E-state index < -0.39 is 16.2 Å². The molecule has 1 aromatic carbocycles. The lowest BCUT2D eigenvalue weighted by atomic mass is 10.1. The molecule has 1 amide bonds. The predicted octanol–water partition coefficient (Wildman–Crippen LogP) is 0.998. The number of benzene rings is 1. The molecule has 0 heterocycles. The van der Waals surface area contributed by atoms with E-state index >= 15 is 0 Å². The van der Waals surface area contributed by atoms with E-state index in [1.165, 1.54) is 25.1 Å². The minimum atomic E-state index is -3.88. The number of carbonyl (C=O) groups is 2. The second-order valence-corrected chi connectivity index (χ2v) is 6.07. The smallest absolute Gasteiger partial charge is 0.337 e. The molecule has 0 aliphatic heterocycles. The molecule has 4 N–H and O–H groups in total. The van der Waals surface area contributed by atoms with Gasteiger partial charge in [-0.2, -0.15) is 13.1 Å². The highest BCUT2D eigenvalue weighted by molar-refractivity contribution is 7.90. The first-order valence-electron chi connectivity index (χ1n) is 6.05. The zero-order valence-corrected chi connectivity index (χ0v) is 12.6. The summed E-state index contributed by atoms with van der Waals surface area (Å²) >= 11 is 0. The second-order valence-electron chi connectivity index (χ2n) is 4.62. The highest BCUT2D eigenvalue weighted by Crippen LogP contribution is 2.21. The topological polar surface area (TPSA) is 125 Å². The van der Waals surface area contributed by atoms with E-state index in [1.807, 2.05) is 0 Å². The zero-order valence-electron chi connectivity index (χ0n) is 11.8. The van der Waals surface area contributed by atoms with Crippen LogP contribution in [-0.4, -0.2) is 31.4 Å². The van der Waals surface area contributed by atoms with Crippen molar-refractivity contribution in [2.75, 3.05) is 10.0 Å². The fourth-order valence-corrected chi connectivity index (χ4v) is 2.72. The van der Waals surface area contributed by atoms with Crippen LogP contribution in [0, 0.1) is 0 Å². The Kier molecular flexibility index (Phi) is 5.28. The molecule has 1 aromatic rings. The summed E-state index contributed by atoms with van der Waals surface area (Å²) < 4.78 is 28.0. The van der Waals surface area contributed by atoms with Gasteiger partial charge in [-0.25, -0.2) is 4.79 Å². The Bertz CT molecular complexity index is 655. The summed E-state index contributed by atoms with van der Waals surface area (Å²) in [5.41, 5.74) is -0.0974. The lowest BCUT2D eigenvalue weighted by Crippen LogP contribution is -2.35. The molecule has 0 atom stereocenters. The Hall–Kier alpha value is -2.13. The van der Waals surface area contributed by atoms with Gasteiger partial charge in [0.15, 0.2) is 0 Å². The number of hydrogen-bond donors (Lipinski definition) is 4. The van der Waals surface area contributed by atoms with Crippen molar-refractivity contribution in [2.24, 2.45) is 0 Å². The Morgan fingerprint density at radius 2 is 1.86 bits per heavy atom. The van der Waals surface area contributed by atoms with Crippen LogP contribution < -0.4 is 14.8 Å². The first kappa shape index (κ1) is 16.9. The quantitative estimate of drug-likeness (QED) is 0.623. The van der Waals surface area contributed by atoms with E-state index in [2.05, 4.69) is 14.8 Å². The summed E-state index contributed by atoms with van der Waals surface area (Å²) in [6.07, 6.45) is 0. The summed E-state index contributed by atoms with van der Waals surface area (Å²) in [5.74, 6) is -1.68. The van der Waals surface area contributed by atoms with Gasteiger partial charge < -0.3 is 10.4 Å². The van der Waals surface area contributed by atoms with E-state index in [1.54, 1.807) is 13.8 Å². The Morgan fingerprint density at radius 3 is 2.33 bits per heavy atom. The molecule has 0 fully saturated rings. The summed E-state index contributed by atoms with van der Waals surface area (Å²) in [6, 6.07) is 3.51. The maximum Gasteiger partial charge on any atom is 0.337 e. The van der Waals surface area contributed by atoms with E-state index in [4.69, 9.17) is 5.11 Å². The van der Waals surface area contributed by atoms with Gasteiger partial charge in [0.05, 0.1) is 11.3 Å². The highest BCUT2D eigenvalue weighted by Gasteiger charge is 2.17. The number of carboxylic acid groups (broad SMARTS) is 1. The van der Waals surface area contributed by atoms with Crippen LogP contribution in [0.25, 0.3) is 0 Å². The van der Waals surface area contributed by atoms with Gasteiger partial charge in [0, 0.05) is 18.7 Å². The van der Waals surface area contributed by atoms with Crippen LogP contribution >= 0.6 is 0 Å². The van der Waals surface area contributed by atoms with Crippen molar-refractivity contribution in [3.63, 3.8) is 0 Å². The average molecular weight is 315 g/mol. The molecule has 8 nitrogen and oxygen atoms in total. The number of hydrogen-bond acceptors (Lipinski definition) is 4. The van der Waals surface area contributed by atoms with Gasteiger partial charge in [0.1, 0.15) is 0 Å². The van der Waals surface area contributed by atoms with Crippen molar-refractivity contribution in [2.45, 2.75) is 26.8 Å². The zero-order chi connectivity index (χ0) is 16.2. The second kappa shape index (κ2) is 6.55. The number of aromatic carboxylic acids is 1. The van der Waals surface area contributed by atoms with Gasteiger partial charge in [-0.15, -0.1) is 0 Å². The number of nitrogens with one attached hydrogen (secondary N) is 3. The molecule has 9 heteroatoms. The maximum absolute atomic E-state index is 11.8. The van der Waals surface area contributed by atoms with Gasteiger partial charge in [0.2, 0.25) is 5.91 Å². The molecule has 0 aromatic heterocycles. The van der Waals surface area contributed by atoms with Gasteiger partial charge in [-0.1, -0.05) is 0 Å². The molecular weight excluding hydrogens is 298 g/mol. The van der Waals surface area contributed by atoms with Crippen LogP contribution in [0.5, 0.6) is 0 Å². The molecule has 0 unspecified atom stereocenters. The molecule has 0 aliphatic carbocycles. The molecule has 116 valence electrons. The molecule has 21 heavy (non-hydrogen) atoms. The first-order valence-corrected chi connectivity index (χ1v) is 7.54. The molecular formula is C12H17N3O5S. The van der Waals surface area contributed by atoms with E-state index in [0.717, 1.165) is 0 Å². The largest absolute Gasteiger partial charge is 0.478 e. The number of carbonyl (C=O) groups excluding carboxylic acids is 1. The SMILES string of the molecule is CC(=O)Nc1ccc(NS(=O)(=O)NC(C)C)c(C(=O)O)c1. The van der Waals surface area contributed by atoms with Crippen molar-refractivity contribution in [1.29, 1.82) is 0 Å². The van der Waals surface area contributed by atoms with Crippen LogP contribution in [0.3, 0.4) is 0 Å². The van der Waals surface area contributed by atoms with Crippen molar-refractivity contribution in [3.8, 4) is 0 Å². The van der Waals surface area contributed by atoms with Crippen LogP contribution in [0.15, 0.2) is 18.2 Å². The minimum absolute atomic E-state index is 0.0928. The van der Waals surface area contributed by atoms with Crippen molar-refractivity contribution < 1.29 is 23.1 Å². The fourth-order valence-electron chi connectivity index (χ4n) is 1.58. The monoisotopic (exact) mass is 315 g/mol. The lowest BCUT2D eigenvalue weighted by molar-refractivity contribution is -0.114. The molecule has 0 aliphatic rings.